The summed E-state index contributed by atoms with van der Waals surface area (Å²) in [6, 6.07) is 0. The summed E-state index contributed by atoms with van der Waals surface area (Å²) in [5.41, 5.74) is 0. The average Bonchev–Trinajstić information content (AvgIpc) is 2.67. The normalized spacial score (nSPS) is 11.6. The van der Waals surface area contributed by atoms with Gasteiger partial charge in [-0.05, 0) is 51.4 Å². The smallest absolute Gasteiger partial charge is 0.0786 e. The van der Waals surface area contributed by atoms with Crippen LogP contribution in [-0.2, 0) is 0 Å². The molecule has 172 valence electrons. The molecule has 0 N–H and O–H groups in total. The summed E-state index contributed by atoms with van der Waals surface area (Å²) in [4.78, 5) is 0. The summed E-state index contributed by atoms with van der Waals surface area (Å²) in [7, 11) is 0. The fraction of sp³-hybridized carbons (Fsp3) is 1.00. The second-order valence-corrected chi connectivity index (χ2v) is 9.19. The number of halogens is 1. The molecule has 0 aromatic carbocycles. The quantitative estimate of drug-likeness (QED) is 0.139. The summed E-state index contributed by atoms with van der Waals surface area (Å²) >= 11 is 0. The molecule has 0 heterocycles. The minimum Gasteiger partial charge on any atom is -1.00 e. The second-order valence-electron chi connectivity index (χ2n) is 9.19. The summed E-state index contributed by atoms with van der Waals surface area (Å²) in [5.74, 6) is 0. The zero-order chi connectivity index (χ0) is 20.1. The topological polar surface area (TPSA) is 0 Å². The molecule has 0 aliphatic rings. The van der Waals surface area contributed by atoms with E-state index in [1.165, 1.54) is 146 Å². The third kappa shape index (κ3) is 18.5. The predicted octanol–water partition coefficient (Wildman–Crippen LogP) is 5.91. The lowest BCUT2D eigenvalue weighted by molar-refractivity contribution is -0.929. The molecule has 0 amide bonds. The Hall–Kier alpha value is 0.440. The van der Waals surface area contributed by atoms with E-state index in [9.17, 15) is 0 Å². The number of rotatable bonds is 22. The summed E-state index contributed by atoms with van der Waals surface area (Å²) in [6.45, 7) is 15.2. The zero-order valence-corrected chi connectivity index (χ0v) is 22.0. The molecule has 0 bridgehead atoms. The van der Waals surface area contributed by atoms with E-state index in [-0.39, 0.29) is 17.0 Å². The Morgan fingerprint density at radius 2 is 0.536 bits per heavy atom. The molecule has 0 aliphatic heterocycles. The van der Waals surface area contributed by atoms with Crippen LogP contribution in [-0.4, -0.2) is 30.7 Å². The molecule has 0 atom stereocenters. The molecule has 1 nitrogen and oxygen atoms in total. The first-order valence-corrected chi connectivity index (χ1v) is 13.1. The van der Waals surface area contributed by atoms with Gasteiger partial charge in [-0.15, -0.1) is 0 Å². The van der Waals surface area contributed by atoms with Crippen LogP contribution in [0.2, 0.25) is 0 Å². The van der Waals surface area contributed by atoms with E-state index >= 15 is 0 Å². The van der Waals surface area contributed by atoms with E-state index in [0.29, 0.717) is 0 Å². The third-order valence-electron chi connectivity index (χ3n) is 6.44. The number of unbranched alkanes of at least 4 members (excludes halogenated alkanes) is 14. The molecule has 0 aliphatic carbocycles. The zero-order valence-electron chi connectivity index (χ0n) is 20.4. The molecule has 0 aromatic rings. The Bertz CT molecular complexity index is 252. The second kappa shape index (κ2) is 23.7. The maximum absolute atomic E-state index is 2.35. The van der Waals surface area contributed by atoms with Gasteiger partial charge in [-0.2, -0.15) is 0 Å². The first-order chi connectivity index (χ1) is 13.2. The van der Waals surface area contributed by atoms with Crippen LogP contribution in [0.1, 0.15) is 143 Å². The summed E-state index contributed by atoms with van der Waals surface area (Å²) in [5, 5.41) is 0. The molecule has 0 rings (SSSR count). The van der Waals surface area contributed by atoms with Crippen LogP contribution in [0.25, 0.3) is 0 Å². The maximum atomic E-state index is 2.35. The lowest BCUT2D eigenvalue weighted by Crippen LogP contribution is -3.00. The van der Waals surface area contributed by atoms with E-state index in [2.05, 4.69) is 27.7 Å². The molecular weight excluding hydrogens is 406 g/mol. The van der Waals surface area contributed by atoms with Crippen molar-refractivity contribution in [2.75, 3.05) is 26.2 Å². The lowest BCUT2D eigenvalue weighted by Gasteiger charge is -2.39. The van der Waals surface area contributed by atoms with Crippen molar-refractivity contribution in [3.05, 3.63) is 0 Å². The van der Waals surface area contributed by atoms with Crippen molar-refractivity contribution in [3.8, 4) is 0 Å². The van der Waals surface area contributed by atoms with Crippen LogP contribution >= 0.6 is 0 Å². The van der Waals surface area contributed by atoms with Gasteiger partial charge in [0.1, 0.15) is 0 Å². The van der Waals surface area contributed by atoms with Crippen molar-refractivity contribution in [2.24, 2.45) is 0 Å². The van der Waals surface area contributed by atoms with Crippen LogP contribution in [0.5, 0.6) is 0 Å². The highest BCUT2D eigenvalue weighted by Crippen LogP contribution is 2.19. The predicted molar refractivity (Wildman–Crippen MR) is 126 cm³/mol. The minimum atomic E-state index is 0. The minimum absolute atomic E-state index is 0. The Labute approximate surface area is 190 Å². The van der Waals surface area contributed by atoms with E-state index < -0.39 is 0 Å². The molecule has 0 aromatic heterocycles. The van der Waals surface area contributed by atoms with Gasteiger partial charge in [-0.1, -0.05) is 91.9 Å². The van der Waals surface area contributed by atoms with Crippen LogP contribution in [0.15, 0.2) is 0 Å². The molecule has 0 unspecified atom stereocenters. The van der Waals surface area contributed by atoms with Gasteiger partial charge in [0, 0.05) is 0 Å². The molecule has 0 spiro atoms. The average molecular weight is 463 g/mol. The van der Waals surface area contributed by atoms with Gasteiger partial charge in [0.05, 0.1) is 26.2 Å². The van der Waals surface area contributed by atoms with Gasteiger partial charge in [-0.25, -0.2) is 0 Å². The van der Waals surface area contributed by atoms with Gasteiger partial charge in [0.2, 0.25) is 0 Å². The number of nitrogens with zero attached hydrogens (tertiary/aromatic N) is 1. The first-order valence-electron chi connectivity index (χ1n) is 13.1. The third-order valence-corrected chi connectivity index (χ3v) is 6.44. The van der Waals surface area contributed by atoms with Crippen molar-refractivity contribution >= 4 is 0 Å². The molecule has 0 saturated heterocycles. The Kier molecular flexibility index (Phi) is 25.9. The Morgan fingerprint density at radius 1 is 0.321 bits per heavy atom. The fourth-order valence-corrected chi connectivity index (χ4v) is 4.52. The molecular formula is C26H56BrN. The van der Waals surface area contributed by atoms with E-state index in [1.807, 2.05) is 0 Å². The first kappa shape index (κ1) is 30.6. The van der Waals surface area contributed by atoms with Crippen molar-refractivity contribution < 1.29 is 21.5 Å². The van der Waals surface area contributed by atoms with Crippen molar-refractivity contribution in [1.82, 2.24) is 0 Å². The standard InChI is InChI=1S/C26H56N.BrH/c1-5-9-13-15-17-21-25-27(23-19-11-7-3,24-20-12-8-4)26-22-18-16-14-10-6-2;/h5-26H2,1-4H3;1H/q+1;/p-1. The summed E-state index contributed by atoms with van der Waals surface area (Å²) < 4.78 is 1.46. The van der Waals surface area contributed by atoms with Crippen LogP contribution in [0, 0.1) is 0 Å². The lowest BCUT2D eigenvalue weighted by atomic mass is 10.1. The molecule has 2 heteroatoms. The van der Waals surface area contributed by atoms with Gasteiger partial charge in [0.15, 0.2) is 0 Å². The maximum Gasteiger partial charge on any atom is 0.0786 e. The van der Waals surface area contributed by atoms with Crippen molar-refractivity contribution in [3.63, 3.8) is 0 Å². The molecule has 0 fully saturated rings. The van der Waals surface area contributed by atoms with Gasteiger partial charge in [0.25, 0.3) is 0 Å². The number of quaternary nitrogens is 1. The van der Waals surface area contributed by atoms with E-state index in [4.69, 9.17) is 0 Å². The fourth-order valence-electron chi connectivity index (χ4n) is 4.52. The Balaban J connectivity index is 0. The van der Waals surface area contributed by atoms with Gasteiger partial charge in [-0.3, -0.25) is 0 Å². The molecule has 0 radical (unpaired) electrons. The number of hydrogen-bond donors (Lipinski definition) is 0. The highest BCUT2D eigenvalue weighted by molar-refractivity contribution is 4.53. The molecule has 28 heavy (non-hydrogen) atoms. The number of hydrogen-bond acceptors (Lipinski definition) is 0. The van der Waals surface area contributed by atoms with Crippen LogP contribution in [0.4, 0.5) is 0 Å². The van der Waals surface area contributed by atoms with E-state index in [0.717, 1.165) is 0 Å². The van der Waals surface area contributed by atoms with Crippen molar-refractivity contribution in [1.29, 1.82) is 0 Å². The highest BCUT2D eigenvalue weighted by Gasteiger charge is 2.25. The molecule has 0 saturated carbocycles. The van der Waals surface area contributed by atoms with Crippen LogP contribution in [0.3, 0.4) is 0 Å². The summed E-state index contributed by atoms with van der Waals surface area (Å²) in [6.07, 6.45) is 25.8. The van der Waals surface area contributed by atoms with Gasteiger partial charge < -0.3 is 21.5 Å². The van der Waals surface area contributed by atoms with Crippen LogP contribution < -0.4 is 17.0 Å². The Morgan fingerprint density at radius 3 is 0.857 bits per heavy atom. The monoisotopic (exact) mass is 461 g/mol. The SMILES string of the molecule is CCCCCCCC[N+](CCCCC)(CCCCC)CCCCCCCC.[Br-]. The van der Waals surface area contributed by atoms with Crippen molar-refractivity contribution in [2.45, 2.75) is 143 Å². The van der Waals surface area contributed by atoms with E-state index in [1.54, 1.807) is 0 Å². The largest absolute Gasteiger partial charge is 1.00 e. The van der Waals surface area contributed by atoms with Gasteiger partial charge >= 0.3 is 0 Å². The highest BCUT2D eigenvalue weighted by atomic mass is 79.9.